The van der Waals surface area contributed by atoms with Gasteiger partial charge in [-0.15, -0.1) is 0 Å². The average Bonchev–Trinajstić information content (AvgIpc) is 3.42. The van der Waals surface area contributed by atoms with Gasteiger partial charge >= 0.3 is 17.9 Å². The SMILES string of the molecule is COc1ccc2ccn([C@@H]3O[C@H](CO)[C@@H](O)[C@H]3O)c(=O)c2c1.O=C(O)c1ccccc1.O=C(O)c1ccccc1.O=C(O)c1ccccc1. The van der Waals surface area contributed by atoms with Crippen molar-refractivity contribution in [3.05, 3.63) is 149 Å². The summed E-state index contributed by atoms with van der Waals surface area (Å²) in [5, 5.41) is 55.3. The molecule has 0 bridgehead atoms. The lowest BCUT2D eigenvalue weighted by Gasteiger charge is -2.18. The van der Waals surface area contributed by atoms with Gasteiger partial charge in [0.1, 0.15) is 24.1 Å². The second-order valence-corrected chi connectivity index (χ2v) is 10.2. The number of pyridine rings is 1. The van der Waals surface area contributed by atoms with E-state index in [0.29, 0.717) is 27.8 Å². The molecule has 0 radical (unpaired) electrons. The molecule has 4 atom stereocenters. The summed E-state index contributed by atoms with van der Waals surface area (Å²) in [5.41, 5.74) is 0.624. The number of carboxylic acid groups (broad SMARTS) is 3. The molecular formula is C36H35NO12. The topological polar surface area (TPSA) is 213 Å². The van der Waals surface area contributed by atoms with Crippen LogP contribution in [-0.4, -0.2) is 85.1 Å². The molecule has 1 aliphatic heterocycles. The Hall–Kier alpha value is -5.86. The van der Waals surface area contributed by atoms with Gasteiger partial charge < -0.3 is 40.1 Å². The minimum Gasteiger partial charge on any atom is -0.497 e. The zero-order chi connectivity index (χ0) is 35.9. The van der Waals surface area contributed by atoms with Gasteiger partial charge in [-0.3, -0.25) is 9.36 Å². The Morgan fingerprint density at radius 1 is 0.694 bits per heavy atom. The van der Waals surface area contributed by atoms with E-state index in [9.17, 15) is 29.4 Å². The van der Waals surface area contributed by atoms with Gasteiger partial charge in [-0.1, -0.05) is 60.7 Å². The molecule has 0 aliphatic carbocycles. The molecule has 5 aromatic rings. The maximum Gasteiger partial charge on any atom is 0.335 e. The number of carbonyl (C=O) groups is 3. The number of aliphatic hydroxyl groups excluding tert-OH is 3. The van der Waals surface area contributed by atoms with Gasteiger partial charge in [-0.05, 0) is 60.0 Å². The van der Waals surface area contributed by atoms with Crippen molar-refractivity contribution < 1.29 is 54.5 Å². The monoisotopic (exact) mass is 673 g/mol. The maximum atomic E-state index is 12.6. The van der Waals surface area contributed by atoms with Crippen LogP contribution in [0.2, 0.25) is 0 Å². The van der Waals surface area contributed by atoms with Gasteiger partial charge in [0.25, 0.3) is 5.56 Å². The lowest BCUT2D eigenvalue weighted by Crippen LogP contribution is -2.35. The molecule has 1 aliphatic rings. The van der Waals surface area contributed by atoms with Crippen molar-refractivity contribution in [3.8, 4) is 5.75 Å². The van der Waals surface area contributed by atoms with Crippen LogP contribution in [0.15, 0.2) is 126 Å². The highest BCUT2D eigenvalue weighted by atomic mass is 16.6. The first-order chi connectivity index (χ1) is 23.5. The molecule has 1 saturated heterocycles. The second-order valence-electron chi connectivity index (χ2n) is 10.2. The Balaban J connectivity index is 0.000000199. The van der Waals surface area contributed by atoms with E-state index in [-0.39, 0.29) is 5.56 Å². The zero-order valence-corrected chi connectivity index (χ0v) is 26.1. The second kappa shape index (κ2) is 18.5. The van der Waals surface area contributed by atoms with Crippen molar-refractivity contribution in [2.45, 2.75) is 24.5 Å². The molecule has 256 valence electrons. The molecule has 0 saturated carbocycles. The molecule has 6 rings (SSSR count). The molecule has 1 aromatic heterocycles. The molecule has 13 nitrogen and oxygen atoms in total. The van der Waals surface area contributed by atoms with Crippen LogP contribution < -0.4 is 10.3 Å². The highest BCUT2D eigenvalue weighted by molar-refractivity contribution is 5.88. The normalized spacial score (nSPS) is 17.6. The maximum absolute atomic E-state index is 12.6. The van der Waals surface area contributed by atoms with E-state index < -0.39 is 49.1 Å². The van der Waals surface area contributed by atoms with Crippen LogP contribution in [-0.2, 0) is 4.74 Å². The number of hydrogen-bond donors (Lipinski definition) is 6. The first-order valence-electron chi connectivity index (χ1n) is 14.6. The van der Waals surface area contributed by atoms with E-state index in [1.54, 1.807) is 115 Å². The van der Waals surface area contributed by atoms with Gasteiger partial charge in [0, 0.05) is 6.20 Å². The fraction of sp³-hybridized carbons (Fsp3) is 0.167. The van der Waals surface area contributed by atoms with Crippen molar-refractivity contribution >= 4 is 28.7 Å². The smallest absolute Gasteiger partial charge is 0.335 e. The summed E-state index contributed by atoms with van der Waals surface area (Å²) < 4.78 is 11.7. The largest absolute Gasteiger partial charge is 0.497 e. The first kappa shape index (κ1) is 37.6. The third-order valence-electron chi connectivity index (χ3n) is 6.99. The molecule has 49 heavy (non-hydrogen) atoms. The molecule has 6 N–H and O–H groups in total. The van der Waals surface area contributed by atoms with Crippen LogP contribution in [0.4, 0.5) is 0 Å². The van der Waals surface area contributed by atoms with Crippen LogP contribution in [0, 0.1) is 0 Å². The molecule has 0 amide bonds. The van der Waals surface area contributed by atoms with E-state index in [1.807, 2.05) is 0 Å². The Bertz CT molecular complexity index is 1750. The van der Waals surface area contributed by atoms with Crippen molar-refractivity contribution in [1.29, 1.82) is 0 Å². The zero-order valence-electron chi connectivity index (χ0n) is 26.1. The molecule has 0 spiro atoms. The van der Waals surface area contributed by atoms with Crippen molar-refractivity contribution in [3.63, 3.8) is 0 Å². The van der Waals surface area contributed by atoms with Crippen LogP contribution in [0.25, 0.3) is 10.8 Å². The lowest BCUT2D eigenvalue weighted by atomic mass is 10.1. The van der Waals surface area contributed by atoms with Gasteiger partial charge in [-0.25, -0.2) is 14.4 Å². The van der Waals surface area contributed by atoms with Crippen LogP contribution >= 0.6 is 0 Å². The van der Waals surface area contributed by atoms with Gasteiger partial charge in [0.2, 0.25) is 0 Å². The summed E-state index contributed by atoms with van der Waals surface area (Å²) in [6.45, 7) is -0.440. The predicted octanol–water partition coefficient (Wildman–Crippen LogP) is 3.78. The fourth-order valence-electron chi connectivity index (χ4n) is 4.41. The Morgan fingerprint density at radius 2 is 1.14 bits per heavy atom. The Labute approximate surface area is 280 Å². The highest BCUT2D eigenvalue weighted by Gasteiger charge is 2.43. The fourth-order valence-corrected chi connectivity index (χ4v) is 4.41. The lowest BCUT2D eigenvalue weighted by molar-refractivity contribution is -0.0541. The molecule has 13 heteroatoms. The summed E-state index contributed by atoms with van der Waals surface area (Å²) in [4.78, 5) is 43.2. The van der Waals surface area contributed by atoms with Crippen LogP contribution in [0.3, 0.4) is 0 Å². The summed E-state index contributed by atoms with van der Waals surface area (Å²) in [6, 6.07) is 31.7. The van der Waals surface area contributed by atoms with Crippen molar-refractivity contribution in [2.24, 2.45) is 0 Å². The standard InChI is InChI=1S/C15H17NO6.3C7H6O2/c1-21-9-3-2-8-4-5-16(14(20)10(8)6-9)15-13(19)12(18)11(7-17)22-15;3*8-7(9)6-4-2-1-3-5-6/h2-6,11-13,15,17-19H,7H2,1H3;3*1-5H,(H,8,9)/t11-,12-,13-,15-;;;/m1.../s1. The van der Waals surface area contributed by atoms with E-state index in [4.69, 9.17) is 29.9 Å². The summed E-state index contributed by atoms with van der Waals surface area (Å²) >= 11 is 0. The highest BCUT2D eigenvalue weighted by Crippen LogP contribution is 2.29. The number of nitrogens with zero attached hydrogens (tertiary/aromatic N) is 1. The minimum absolute atomic E-state index is 0.331. The number of hydrogen-bond acceptors (Lipinski definition) is 9. The van der Waals surface area contributed by atoms with Crippen molar-refractivity contribution in [2.75, 3.05) is 13.7 Å². The first-order valence-corrected chi connectivity index (χ1v) is 14.6. The Kier molecular flexibility index (Phi) is 14.2. The molecule has 1 fully saturated rings. The number of benzene rings is 4. The van der Waals surface area contributed by atoms with Crippen molar-refractivity contribution in [1.82, 2.24) is 4.57 Å². The minimum atomic E-state index is -1.29. The van der Waals surface area contributed by atoms with Gasteiger partial charge in [-0.2, -0.15) is 0 Å². The number of ether oxygens (including phenoxy) is 2. The molecule has 0 unspecified atom stereocenters. The van der Waals surface area contributed by atoms with Gasteiger partial charge in [0.15, 0.2) is 6.23 Å². The number of aromatic nitrogens is 1. The molecule has 2 heterocycles. The van der Waals surface area contributed by atoms with E-state index in [0.717, 1.165) is 5.39 Å². The summed E-state index contributed by atoms with van der Waals surface area (Å²) in [6.07, 6.45) is -3.01. The van der Waals surface area contributed by atoms with E-state index >= 15 is 0 Å². The van der Waals surface area contributed by atoms with E-state index in [2.05, 4.69) is 0 Å². The third-order valence-corrected chi connectivity index (χ3v) is 6.99. The number of rotatable bonds is 6. The average molecular weight is 674 g/mol. The number of methoxy groups -OCH3 is 1. The number of carboxylic acids is 3. The quantitative estimate of drug-likeness (QED) is 0.152. The van der Waals surface area contributed by atoms with E-state index in [1.165, 1.54) is 17.9 Å². The predicted molar refractivity (Wildman–Crippen MR) is 178 cm³/mol. The van der Waals surface area contributed by atoms with Gasteiger partial charge in [0.05, 0.1) is 35.8 Å². The molecule has 4 aromatic carbocycles. The van der Waals surface area contributed by atoms with Crippen LogP contribution in [0.1, 0.15) is 37.3 Å². The number of fused-ring (bicyclic) bond motifs is 1. The van der Waals surface area contributed by atoms with Crippen LogP contribution in [0.5, 0.6) is 5.75 Å². The molecular weight excluding hydrogens is 638 g/mol. The summed E-state index contributed by atoms with van der Waals surface area (Å²) in [7, 11) is 1.51. The Morgan fingerprint density at radius 3 is 1.49 bits per heavy atom. The number of aromatic carboxylic acids is 3. The third kappa shape index (κ3) is 10.6. The summed E-state index contributed by atoms with van der Waals surface area (Å²) in [5.74, 6) is -2.09. The number of aliphatic hydroxyl groups is 3.